The number of nitro benzene ring substituents is 1. The zero-order chi connectivity index (χ0) is 12.8. The van der Waals surface area contributed by atoms with Gasteiger partial charge in [0.05, 0.1) is 4.92 Å². The third-order valence-electron chi connectivity index (χ3n) is 2.05. The molecule has 7 heteroatoms. The van der Waals surface area contributed by atoms with Crippen LogP contribution in [0.4, 0.5) is 10.5 Å². The van der Waals surface area contributed by atoms with Gasteiger partial charge < -0.3 is 5.73 Å². The molecule has 1 rings (SSSR count). The summed E-state index contributed by atoms with van der Waals surface area (Å²) in [6, 6.07) is 4.97. The van der Waals surface area contributed by atoms with Crippen molar-refractivity contribution >= 4 is 17.6 Å². The van der Waals surface area contributed by atoms with Gasteiger partial charge >= 0.3 is 6.03 Å². The lowest BCUT2D eigenvalue weighted by atomic mass is 10.1. The highest BCUT2D eigenvalue weighted by Gasteiger charge is 2.06. The SMILES string of the molecule is NC(=O)NC(=O)CCc1ccc([N+](=O)[O-])cc1. The zero-order valence-corrected chi connectivity index (χ0v) is 8.88. The minimum atomic E-state index is -0.890. The van der Waals surface area contributed by atoms with E-state index in [9.17, 15) is 19.7 Å². The average Bonchev–Trinajstić information content (AvgIpc) is 2.26. The quantitative estimate of drug-likeness (QED) is 0.592. The molecule has 0 aromatic heterocycles. The summed E-state index contributed by atoms with van der Waals surface area (Å²) in [6.07, 6.45) is 0.484. The molecule has 3 N–H and O–H groups in total. The standard InChI is InChI=1S/C10H11N3O4/c11-10(15)12-9(14)6-3-7-1-4-8(5-2-7)13(16)17/h1-2,4-5H,3,6H2,(H3,11,12,14,15). The molecule has 7 nitrogen and oxygen atoms in total. The van der Waals surface area contributed by atoms with Gasteiger partial charge in [-0.25, -0.2) is 4.79 Å². The maximum absolute atomic E-state index is 11.1. The number of aryl methyl sites for hydroxylation is 1. The van der Waals surface area contributed by atoms with Gasteiger partial charge in [-0.15, -0.1) is 0 Å². The number of nitro groups is 1. The molecule has 0 unspecified atom stereocenters. The molecule has 90 valence electrons. The number of rotatable bonds is 4. The largest absolute Gasteiger partial charge is 0.351 e. The van der Waals surface area contributed by atoms with Crippen molar-refractivity contribution in [3.8, 4) is 0 Å². The number of carbonyl (C=O) groups excluding carboxylic acids is 2. The first-order valence-corrected chi connectivity index (χ1v) is 4.81. The lowest BCUT2D eigenvalue weighted by molar-refractivity contribution is -0.384. The highest BCUT2D eigenvalue weighted by atomic mass is 16.6. The maximum Gasteiger partial charge on any atom is 0.318 e. The van der Waals surface area contributed by atoms with Crippen LogP contribution >= 0.6 is 0 Å². The predicted octanol–water partition coefficient (Wildman–Crippen LogP) is 0.722. The first-order valence-electron chi connectivity index (χ1n) is 4.81. The third kappa shape index (κ3) is 4.29. The molecule has 0 atom stereocenters. The van der Waals surface area contributed by atoms with Crippen LogP contribution in [0, 0.1) is 10.1 Å². The van der Waals surface area contributed by atoms with Gasteiger partial charge in [0, 0.05) is 18.6 Å². The Morgan fingerprint density at radius 2 is 1.88 bits per heavy atom. The predicted molar refractivity (Wildman–Crippen MR) is 59.1 cm³/mol. The van der Waals surface area contributed by atoms with E-state index < -0.39 is 16.9 Å². The number of hydrogen-bond donors (Lipinski definition) is 2. The van der Waals surface area contributed by atoms with E-state index in [1.165, 1.54) is 12.1 Å². The minimum absolute atomic E-state index is 0.00432. The first-order chi connectivity index (χ1) is 7.99. The molecule has 17 heavy (non-hydrogen) atoms. The summed E-state index contributed by atoms with van der Waals surface area (Å²) in [7, 11) is 0. The van der Waals surface area contributed by atoms with Gasteiger partial charge in [-0.3, -0.25) is 20.2 Å². The second-order valence-electron chi connectivity index (χ2n) is 3.34. The number of benzene rings is 1. The Labute approximate surface area is 96.8 Å². The molecular formula is C10H11N3O4. The Balaban J connectivity index is 2.50. The van der Waals surface area contributed by atoms with Gasteiger partial charge in [-0.05, 0) is 12.0 Å². The fraction of sp³-hybridized carbons (Fsp3) is 0.200. The molecule has 0 fully saturated rings. The molecule has 0 saturated heterocycles. The van der Waals surface area contributed by atoms with Crippen LogP contribution in [-0.4, -0.2) is 16.9 Å². The van der Waals surface area contributed by atoms with Crippen molar-refractivity contribution in [2.75, 3.05) is 0 Å². The van der Waals surface area contributed by atoms with Gasteiger partial charge in [0.2, 0.25) is 5.91 Å². The summed E-state index contributed by atoms with van der Waals surface area (Å²) >= 11 is 0. The molecule has 0 aliphatic heterocycles. The van der Waals surface area contributed by atoms with Crippen LogP contribution in [0.15, 0.2) is 24.3 Å². The van der Waals surface area contributed by atoms with E-state index in [1.807, 2.05) is 5.32 Å². The molecule has 0 radical (unpaired) electrons. The van der Waals surface area contributed by atoms with Crippen LogP contribution in [-0.2, 0) is 11.2 Å². The summed E-state index contributed by atoms with van der Waals surface area (Å²) < 4.78 is 0. The van der Waals surface area contributed by atoms with Crippen molar-refractivity contribution in [2.24, 2.45) is 5.73 Å². The van der Waals surface area contributed by atoms with E-state index in [4.69, 9.17) is 5.73 Å². The fourth-order valence-electron chi connectivity index (χ4n) is 1.24. The molecule has 0 saturated carbocycles. The summed E-state index contributed by atoms with van der Waals surface area (Å²) in [4.78, 5) is 31.3. The molecule has 3 amide bonds. The minimum Gasteiger partial charge on any atom is -0.351 e. The van der Waals surface area contributed by atoms with Crippen LogP contribution in [0.3, 0.4) is 0 Å². The van der Waals surface area contributed by atoms with Crippen LogP contribution < -0.4 is 11.1 Å². The summed E-state index contributed by atoms with van der Waals surface area (Å²) in [6.45, 7) is 0. The normalized spacial score (nSPS) is 9.65. The van der Waals surface area contributed by atoms with Crippen LogP contribution in [0.1, 0.15) is 12.0 Å². The zero-order valence-electron chi connectivity index (χ0n) is 8.88. The van der Waals surface area contributed by atoms with Gasteiger partial charge in [-0.2, -0.15) is 0 Å². The summed E-state index contributed by atoms with van der Waals surface area (Å²) in [5.74, 6) is -0.476. The van der Waals surface area contributed by atoms with Crippen molar-refractivity contribution in [2.45, 2.75) is 12.8 Å². The number of nitrogens with two attached hydrogens (primary N) is 1. The van der Waals surface area contributed by atoms with Crippen molar-refractivity contribution in [3.63, 3.8) is 0 Å². The fourth-order valence-corrected chi connectivity index (χ4v) is 1.24. The Bertz CT molecular complexity index is 441. The number of carbonyl (C=O) groups is 2. The van der Waals surface area contributed by atoms with E-state index in [0.717, 1.165) is 5.56 Å². The second-order valence-corrected chi connectivity index (χ2v) is 3.34. The lowest BCUT2D eigenvalue weighted by Gasteiger charge is -2.01. The van der Waals surface area contributed by atoms with Crippen molar-refractivity contribution in [1.29, 1.82) is 0 Å². The highest BCUT2D eigenvalue weighted by Crippen LogP contribution is 2.12. The maximum atomic E-state index is 11.1. The number of primary amides is 1. The van der Waals surface area contributed by atoms with E-state index in [2.05, 4.69) is 0 Å². The van der Waals surface area contributed by atoms with E-state index >= 15 is 0 Å². The number of nitrogens with zero attached hydrogens (tertiary/aromatic N) is 1. The number of nitrogens with one attached hydrogen (secondary N) is 1. The van der Waals surface area contributed by atoms with E-state index in [-0.39, 0.29) is 12.1 Å². The number of hydrogen-bond acceptors (Lipinski definition) is 4. The molecule has 1 aromatic carbocycles. The van der Waals surface area contributed by atoms with Crippen LogP contribution in [0.5, 0.6) is 0 Å². The van der Waals surface area contributed by atoms with Crippen molar-refractivity contribution in [1.82, 2.24) is 5.32 Å². The van der Waals surface area contributed by atoms with Gasteiger partial charge in [0.15, 0.2) is 0 Å². The smallest absolute Gasteiger partial charge is 0.318 e. The topological polar surface area (TPSA) is 115 Å². The molecular weight excluding hydrogens is 226 g/mol. The molecule has 0 spiro atoms. The third-order valence-corrected chi connectivity index (χ3v) is 2.05. The molecule has 0 heterocycles. The van der Waals surface area contributed by atoms with Crippen LogP contribution in [0.2, 0.25) is 0 Å². The van der Waals surface area contributed by atoms with Gasteiger partial charge in [0.25, 0.3) is 5.69 Å². The number of amides is 3. The van der Waals surface area contributed by atoms with Crippen LogP contribution in [0.25, 0.3) is 0 Å². The van der Waals surface area contributed by atoms with Gasteiger partial charge in [-0.1, -0.05) is 12.1 Å². The van der Waals surface area contributed by atoms with E-state index in [1.54, 1.807) is 12.1 Å². The summed E-state index contributed by atoms with van der Waals surface area (Å²) in [5, 5.41) is 12.3. The van der Waals surface area contributed by atoms with Gasteiger partial charge in [0.1, 0.15) is 0 Å². The monoisotopic (exact) mass is 237 g/mol. The number of urea groups is 1. The number of non-ortho nitro benzene ring substituents is 1. The molecule has 0 aliphatic rings. The Hall–Kier alpha value is -2.44. The lowest BCUT2D eigenvalue weighted by Crippen LogP contribution is -2.35. The molecule has 0 aliphatic carbocycles. The second kappa shape index (κ2) is 5.59. The molecule has 1 aromatic rings. The first kappa shape index (κ1) is 12.6. The summed E-state index contributed by atoms with van der Waals surface area (Å²) in [5.41, 5.74) is 5.54. The van der Waals surface area contributed by atoms with E-state index in [0.29, 0.717) is 6.42 Å². The number of imide groups is 1. The van der Waals surface area contributed by atoms with Crippen molar-refractivity contribution < 1.29 is 14.5 Å². The average molecular weight is 237 g/mol. The molecule has 0 bridgehead atoms. The highest BCUT2D eigenvalue weighted by molar-refractivity contribution is 5.93. The Morgan fingerprint density at radius 3 is 2.35 bits per heavy atom. The van der Waals surface area contributed by atoms with Crippen molar-refractivity contribution in [3.05, 3.63) is 39.9 Å². The Kier molecular flexibility index (Phi) is 4.15. The Morgan fingerprint density at radius 1 is 1.29 bits per heavy atom.